The van der Waals surface area contributed by atoms with Gasteiger partial charge in [0, 0.05) is 17.7 Å². The molecule has 0 bridgehead atoms. The molecule has 1 heterocycles. The summed E-state index contributed by atoms with van der Waals surface area (Å²) in [7, 11) is 0. The quantitative estimate of drug-likeness (QED) is 0.553. The van der Waals surface area contributed by atoms with Crippen molar-refractivity contribution >= 4 is 17.9 Å². The first-order chi connectivity index (χ1) is 12.5. The van der Waals surface area contributed by atoms with Crippen LogP contribution >= 0.6 is 0 Å². The average molecular weight is 385 g/mol. The van der Waals surface area contributed by atoms with E-state index in [-0.39, 0.29) is 24.2 Å². The van der Waals surface area contributed by atoms with Gasteiger partial charge in [0.2, 0.25) is 0 Å². The summed E-state index contributed by atoms with van der Waals surface area (Å²) in [6, 6.07) is 1.38. The highest BCUT2D eigenvalue weighted by Crippen LogP contribution is 2.28. The third-order valence-electron chi connectivity index (χ3n) is 4.02. The lowest BCUT2D eigenvalue weighted by Crippen LogP contribution is -2.36. The van der Waals surface area contributed by atoms with Crippen LogP contribution < -0.4 is 0 Å². The normalized spacial score (nSPS) is 13.9. The molecule has 0 aromatic heterocycles. The maximum Gasteiger partial charge on any atom is 0.307 e. The molecular weight excluding hydrogens is 354 g/mol. The van der Waals surface area contributed by atoms with Gasteiger partial charge < -0.3 is 20.1 Å². The standard InChI is InChI=1S/C11H12O7.C8H19N/c12-9(13)1-6-4-18-5-7(2-10(14)15)8(6)3-11(16)17;1-6-9(7(2)3)8(4)5/h4H,1-3,5H2,(H,12,13)(H,14,15)(H,16,17);7-8H,6H2,1-5H3. The molecule has 3 N–H and O–H groups in total. The van der Waals surface area contributed by atoms with Crippen LogP contribution in [0.4, 0.5) is 0 Å². The SMILES string of the molecule is CCN(C(C)C)C(C)C.O=C(O)CC1=COCC(CC(=O)O)=C1CC(=O)O. The van der Waals surface area contributed by atoms with E-state index in [0.717, 1.165) is 6.54 Å². The van der Waals surface area contributed by atoms with E-state index in [1.54, 1.807) is 0 Å². The van der Waals surface area contributed by atoms with Crippen molar-refractivity contribution in [3.8, 4) is 0 Å². The second-order valence-corrected chi connectivity index (χ2v) is 6.77. The molecule has 8 heteroatoms. The van der Waals surface area contributed by atoms with Crippen molar-refractivity contribution in [3.05, 3.63) is 23.0 Å². The van der Waals surface area contributed by atoms with Gasteiger partial charge in [0.1, 0.15) is 6.61 Å². The molecule has 1 aliphatic rings. The van der Waals surface area contributed by atoms with Crippen molar-refractivity contribution in [1.29, 1.82) is 0 Å². The van der Waals surface area contributed by atoms with Crippen LogP contribution in [0.5, 0.6) is 0 Å². The Hall–Kier alpha value is -2.35. The topological polar surface area (TPSA) is 124 Å². The summed E-state index contributed by atoms with van der Waals surface area (Å²) in [6.45, 7) is 12.3. The summed E-state index contributed by atoms with van der Waals surface area (Å²) < 4.78 is 4.97. The highest BCUT2D eigenvalue weighted by Gasteiger charge is 2.22. The van der Waals surface area contributed by atoms with Gasteiger partial charge >= 0.3 is 17.9 Å². The molecule has 1 rings (SSSR count). The van der Waals surface area contributed by atoms with E-state index >= 15 is 0 Å². The summed E-state index contributed by atoms with van der Waals surface area (Å²) in [5.41, 5.74) is 0.731. The molecule has 27 heavy (non-hydrogen) atoms. The van der Waals surface area contributed by atoms with E-state index in [4.69, 9.17) is 20.1 Å². The number of hydrogen-bond donors (Lipinski definition) is 3. The number of hydrogen-bond acceptors (Lipinski definition) is 5. The number of nitrogens with zero attached hydrogens (tertiary/aromatic N) is 1. The molecule has 0 unspecified atom stereocenters. The fraction of sp³-hybridized carbons (Fsp3) is 0.632. The van der Waals surface area contributed by atoms with Gasteiger partial charge in [-0.3, -0.25) is 19.3 Å². The van der Waals surface area contributed by atoms with Crippen molar-refractivity contribution in [2.45, 2.75) is 66.0 Å². The van der Waals surface area contributed by atoms with Crippen molar-refractivity contribution < 1.29 is 34.4 Å². The second kappa shape index (κ2) is 12.1. The van der Waals surface area contributed by atoms with Crippen molar-refractivity contribution in [2.75, 3.05) is 13.2 Å². The molecule has 0 atom stereocenters. The van der Waals surface area contributed by atoms with E-state index in [2.05, 4.69) is 39.5 Å². The summed E-state index contributed by atoms with van der Waals surface area (Å²) in [5, 5.41) is 26.2. The van der Waals surface area contributed by atoms with Crippen molar-refractivity contribution in [2.24, 2.45) is 0 Å². The molecule has 0 radical (unpaired) electrons. The third-order valence-corrected chi connectivity index (χ3v) is 4.02. The summed E-state index contributed by atoms with van der Waals surface area (Å²) in [4.78, 5) is 34.5. The Morgan fingerprint density at radius 2 is 1.44 bits per heavy atom. The molecule has 0 aliphatic carbocycles. The molecule has 0 saturated heterocycles. The Labute approximate surface area is 160 Å². The van der Waals surface area contributed by atoms with Gasteiger partial charge in [0.25, 0.3) is 0 Å². The van der Waals surface area contributed by atoms with Gasteiger partial charge in [-0.05, 0) is 45.4 Å². The van der Waals surface area contributed by atoms with Crippen LogP contribution in [-0.2, 0) is 19.1 Å². The minimum Gasteiger partial charge on any atom is -0.497 e. The largest absolute Gasteiger partial charge is 0.497 e. The number of carboxylic acids is 3. The van der Waals surface area contributed by atoms with Crippen LogP contribution in [0.15, 0.2) is 23.0 Å². The molecule has 0 fully saturated rings. The van der Waals surface area contributed by atoms with Gasteiger partial charge in [-0.1, -0.05) is 6.92 Å². The zero-order valence-corrected chi connectivity index (χ0v) is 16.7. The molecule has 0 aromatic carbocycles. The predicted molar refractivity (Wildman–Crippen MR) is 100 cm³/mol. The Morgan fingerprint density at radius 3 is 1.78 bits per heavy atom. The fourth-order valence-corrected chi connectivity index (χ4v) is 3.00. The summed E-state index contributed by atoms with van der Waals surface area (Å²) in [6.07, 6.45) is 0.00807. The van der Waals surface area contributed by atoms with Gasteiger partial charge in [0.15, 0.2) is 0 Å². The lowest BCUT2D eigenvalue weighted by atomic mass is 9.93. The molecule has 0 saturated carbocycles. The van der Waals surface area contributed by atoms with E-state index in [9.17, 15) is 14.4 Å². The van der Waals surface area contributed by atoms with E-state index < -0.39 is 30.7 Å². The molecule has 0 spiro atoms. The predicted octanol–water partition coefficient (Wildman–Crippen LogP) is 2.75. The lowest BCUT2D eigenvalue weighted by molar-refractivity contribution is -0.138. The number of ether oxygens (including phenoxy) is 1. The van der Waals surface area contributed by atoms with Crippen LogP contribution in [0.25, 0.3) is 0 Å². The monoisotopic (exact) mass is 385 g/mol. The first-order valence-corrected chi connectivity index (χ1v) is 8.92. The zero-order chi connectivity index (χ0) is 21.1. The summed E-state index contributed by atoms with van der Waals surface area (Å²) in [5.74, 6) is -3.40. The average Bonchev–Trinajstić information content (AvgIpc) is 2.49. The first kappa shape index (κ1) is 24.7. The Morgan fingerprint density at radius 1 is 0.963 bits per heavy atom. The van der Waals surface area contributed by atoms with Gasteiger partial charge in [-0.15, -0.1) is 0 Å². The maximum absolute atomic E-state index is 10.7. The molecular formula is C19H31NO7. The van der Waals surface area contributed by atoms with Crippen LogP contribution in [0, 0.1) is 0 Å². The molecule has 8 nitrogen and oxygen atoms in total. The van der Waals surface area contributed by atoms with Gasteiger partial charge in [0.05, 0.1) is 25.5 Å². The second-order valence-electron chi connectivity index (χ2n) is 6.77. The van der Waals surface area contributed by atoms with Gasteiger partial charge in [-0.2, -0.15) is 0 Å². The summed E-state index contributed by atoms with van der Waals surface area (Å²) >= 11 is 0. The van der Waals surface area contributed by atoms with Crippen LogP contribution in [-0.4, -0.2) is 63.4 Å². The number of carboxylic acid groups (broad SMARTS) is 3. The van der Waals surface area contributed by atoms with Crippen molar-refractivity contribution in [3.63, 3.8) is 0 Å². The zero-order valence-electron chi connectivity index (χ0n) is 16.7. The van der Waals surface area contributed by atoms with Crippen LogP contribution in [0.1, 0.15) is 53.9 Å². The Bertz CT molecular complexity index is 583. The minimum atomic E-state index is -1.15. The van der Waals surface area contributed by atoms with E-state index in [1.165, 1.54) is 6.26 Å². The Kier molecular flexibility index (Phi) is 11.1. The highest BCUT2D eigenvalue weighted by atomic mass is 16.5. The van der Waals surface area contributed by atoms with Crippen LogP contribution in [0.2, 0.25) is 0 Å². The number of aliphatic carboxylic acids is 3. The van der Waals surface area contributed by atoms with Crippen LogP contribution in [0.3, 0.4) is 0 Å². The third kappa shape index (κ3) is 9.79. The van der Waals surface area contributed by atoms with Gasteiger partial charge in [-0.25, -0.2) is 0 Å². The molecule has 154 valence electrons. The first-order valence-electron chi connectivity index (χ1n) is 8.92. The smallest absolute Gasteiger partial charge is 0.307 e. The molecule has 0 amide bonds. The molecule has 0 aromatic rings. The number of carbonyl (C=O) groups is 3. The van der Waals surface area contributed by atoms with E-state index in [0.29, 0.717) is 17.7 Å². The molecule has 1 aliphatic heterocycles. The minimum absolute atomic E-state index is 0.0297. The van der Waals surface area contributed by atoms with E-state index in [1.807, 2.05) is 0 Å². The lowest BCUT2D eigenvalue weighted by Gasteiger charge is -2.28. The highest BCUT2D eigenvalue weighted by molar-refractivity contribution is 5.78. The maximum atomic E-state index is 10.7. The number of rotatable bonds is 9. The van der Waals surface area contributed by atoms with Crippen molar-refractivity contribution in [1.82, 2.24) is 4.90 Å². The Balaban J connectivity index is 0.000000636. The fourth-order valence-electron chi connectivity index (χ4n) is 3.00.